The van der Waals surface area contributed by atoms with Crippen LogP contribution in [0.1, 0.15) is 39.3 Å². The fourth-order valence-electron chi connectivity index (χ4n) is 2.21. The van der Waals surface area contributed by atoms with Crippen molar-refractivity contribution in [3.63, 3.8) is 0 Å². The fraction of sp³-hybridized carbons (Fsp3) is 0.438. The van der Waals surface area contributed by atoms with Gasteiger partial charge in [-0.05, 0) is 31.9 Å². The number of hydrogen-bond acceptors (Lipinski definition) is 5. The molecule has 0 atom stereocenters. The Morgan fingerprint density at radius 3 is 2.24 bits per heavy atom. The van der Waals surface area contributed by atoms with Crippen molar-refractivity contribution in [2.75, 3.05) is 18.6 Å². The average Bonchev–Trinajstić information content (AvgIpc) is 2.47. The van der Waals surface area contributed by atoms with Gasteiger partial charge >= 0.3 is 0 Å². The molecule has 5 heteroatoms. The summed E-state index contributed by atoms with van der Waals surface area (Å²) >= 11 is 0. The Morgan fingerprint density at radius 1 is 1.10 bits per heavy atom. The van der Waals surface area contributed by atoms with Crippen LogP contribution in [0, 0.1) is 0 Å². The molecule has 0 amide bonds. The van der Waals surface area contributed by atoms with Crippen LogP contribution in [0.5, 0.6) is 11.5 Å². The smallest absolute Gasteiger partial charge is 0.163 e. The highest BCUT2D eigenvalue weighted by molar-refractivity contribution is 5.93. The summed E-state index contributed by atoms with van der Waals surface area (Å²) in [4.78, 5) is 4.70. The lowest BCUT2D eigenvalue weighted by molar-refractivity contribution is 0.288. The van der Waals surface area contributed by atoms with Crippen LogP contribution < -0.4 is 20.7 Å². The first-order chi connectivity index (χ1) is 10.1. The summed E-state index contributed by atoms with van der Waals surface area (Å²) in [5.41, 5.74) is 5.43. The Bertz CT molecular complexity index is 626. The first kappa shape index (κ1) is 15.4. The summed E-state index contributed by atoms with van der Waals surface area (Å²) in [6.07, 6.45) is 0. The minimum atomic E-state index is 0.323. The van der Waals surface area contributed by atoms with Crippen molar-refractivity contribution in [3.05, 3.63) is 23.9 Å². The minimum absolute atomic E-state index is 0.323. The second-order valence-electron chi connectivity index (χ2n) is 5.08. The molecule has 0 saturated carbocycles. The highest BCUT2D eigenvalue weighted by Gasteiger charge is 2.13. The van der Waals surface area contributed by atoms with Crippen molar-refractivity contribution in [3.8, 4) is 11.5 Å². The first-order valence-corrected chi connectivity index (χ1v) is 7.31. The van der Waals surface area contributed by atoms with E-state index >= 15 is 0 Å². The summed E-state index contributed by atoms with van der Waals surface area (Å²) in [5.74, 6) is 7.40. The Hall–Kier alpha value is -2.01. The molecular formula is C16H23N3O2. The normalized spacial score (nSPS) is 11.0. The molecule has 0 fully saturated rings. The number of benzene rings is 1. The van der Waals surface area contributed by atoms with E-state index in [-0.39, 0.29) is 0 Å². The molecule has 2 rings (SSSR count). The van der Waals surface area contributed by atoms with E-state index in [2.05, 4.69) is 19.3 Å². The lowest BCUT2D eigenvalue weighted by Crippen LogP contribution is -2.09. The molecule has 21 heavy (non-hydrogen) atoms. The second-order valence-corrected chi connectivity index (χ2v) is 5.08. The largest absolute Gasteiger partial charge is 0.490 e. The van der Waals surface area contributed by atoms with Crippen LogP contribution in [0.2, 0.25) is 0 Å². The third-order valence-electron chi connectivity index (χ3n) is 3.24. The molecule has 2 aromatic rings. The summed E-state index contributed by atoms with van der Waals surface area (Å²) < 4.78 is 11.3. The van der Waals surface area contributed by atoms with Crippen molar-refractivity contribution >= 4 is 16.6 Å². The molecule has 5 nitrogen and oxygen atoms in total. The van der Waals surface area contributed by atoms with Gasteiger partial charge in [0, 0.05) is 17.1 Å². The van der Waals surface area contributed by atoms with Gasteiger partial charge in [0.2, 0.25) is 0 Å². The van der Waals surface area contributed by atoms with Gasteiger partial charge < -0.3 is 14.9 Å². The minimum Gasteiger partial charge on any atom is -0.490 e. The Kier molecular flexibility index (Phi) is 4.85. The first-order valence-electron chi connectivity index (χ1n) is 7.31. The molecule has 0 aliphatic carbocycles. The van der Waals surface area contributed by atoms with Crippen LogP contribution in [-0.4, -0.2) is 18.2 Å². The van der Waals surface area contributed by atoms with E-state index in [1.165, 1.54) is 0 Å². The molecule has 1 aromatic heterocycles. The Morgan fingerprint density at radius 2 is 1.71 bits per heavy atom. The van der Waals surface area contributed by atoms with E-state index in [9.17, 15) is 0 Å². The molecule has 0 spiro atoms. The molecule has 0 radical (unpaired) electrons. The predicted octanol–water partition coefficient (Wildman–Crippen LogP) is 3.44. The van der Waals surface area contributed by atoms with Gasteiger partial charge in [-0.15, -0.1) is 0 Å². The van der Waals surface area contributed by atoms with E-state index < -0.39 is 0 Å². The van der Waals surface area contributed by atoms with Crippen molar-refractivity contribution in [1.29, 1.82) is 0 Å². The highest BCUT2D eigenvalue weighted by Crippen LogP contribution is 2.36. The zero-order valence-corrected chi connectivity index (χ0v) is 13.1. The standard InChI is InChI=1S/C16H23N3O2/c1-5-20-15-7-11-13(9-16(15)21-6-2)18-12(10(3)4)8-14(11)19-17/h7-10H,5-6,17H2,1-4H3,(H,18,19). The van der Waals surface area contributed by atoms with Crippen LogP contribution in [0.4, 0.5) is 5.69 Å². The lowest BCUT2D eigenvalue weighted by atomic mass is 10.1. The number of hydrogen-bond donors (Lipinski definition) is 2. The zero-order chi connectivity index (χ0) is 15.4. The summed E-state index contributed by atoms with van der Waals surface area (Å²) in [7, 11) is 0. The van der Waals surface area contributed by atoms with Gasteiger partial charge in [0.05, 0.1) is 24.4 Å². The molecule has 114 valence electrons. The lowest BCUT2D eigenvalue weighted by Gasteiger charge is -2.15. The number of anilines is 1. The number of nitrogens with one attached hydrogen (secondary N) is 1. The summed E-state index contributed by atoms with van der Waals surface area (Å²) in [6.45, 7) is 9.26. The van der Waals surface area contributed by atoms with Crippen LogP contribution in [-0.2, 0) is 0 Å². The second kappa shape index (κ2) is 6.63. The number of nitrogens with two attached hydrogens (primary N) is 1. The van der Waals surface area contributed by atoms with Gasteiger partial charge in [0.15, 0.2) is 11.5 Å². The number of aromatic nitrogens is 1. The maximum absolute atomic E-state index is 5.66. The predicted molar refractivity (Wildman–Crippen MR) is 86.0 cm³/mol. The van der Waals surface area contributed by atoms with E-state index in [0.29, 0.717) is 30.6 Å². The van der Waals surface area contributed by atoms with Gasteiger partial charge in [-0.2, -0.15) is 0 Å². The molecule has 3 N–H and O–H groups in total. The van der Waals surface area contributed by atoms with Crippen molar-refractivity contribution in [2.45, 2.75) is 33.6 Å². The molecule has 0 aliphatic heterocycles. The van der Waals surface area contributed by atoms with Gasteiger partial charge in [-0.3, -0.25) is 10.8 Å². The number of fused-ring (bicyclic) bond motifs is 1. The maximum atomic E-state index is 5.66. The summed E-state index contributed by atoms with van der Waals surface area (Å²) in [6, 6.07) is 5.82. The third-order valence-corrected chi connectivity index (χ3v) is 3.24. The topological polar surface area (TPSA) is 69.4 Å². The molecule has 0 aliphatic rings. The monoisotopic (exact) mass is 289 g/mol. The number of nitrogens with zero attached hydrogens (tertiary/aromatic N) is 1. The fourth-order valence-corrected chi connectivity index (χ4v) is 2.21. The van der Waals surface area contributed by atoms with E-state index in [1.807, 2.05) is 32.0 Å². The molecule has 0 saturated heterocycles. The molecule has 0 bridgehead atoms. The van der Waals surface area contributed by atoms with Crippen molar-refractivity contribution < 1.29 is 9.47 Å². The van der Waals surface area contributed by atoms with Gasteiger partial charge in [-0.1, -0.05) is 13.8 Å². The number of ether oxygens (including phenoxy) is 2. The van der Waals surface area contributed by atoms with Gasteiger partial charge in [0.25, 0.3) is 0 Å². The third kappa shape index (κ3) is 3.19. The zero-order valence-electron chi connectivity index (χ0n) is 13.1. The molecule has 0 unspecified atom stereocenters. The number of nitrogen functional groups attached to an aromatic ring is 1. The Labute approximate surface area is 125 Å². The van der Waals surface area contributed by atoms with Crippen molar-refractivity contribution in [2.24, 2.45) is 5.84 Å². The van der Waals surface area contributed by atoms with E-state index in [4.69, 9.17) is 20.3 Å². The van der Waals surface area contributed by atoms with Gasteiger partial charge in [0.1, 0.15) is 0 Å². The van der Waals surface area contributed by atoms with Gasteiger partial charge in [-0.25, -0.2) is 0 Å². The maximum Gasteiger partial charge on any atom is 0.163 e. The number of hydrazine groups is 1. The Balaban J connectivity index is 2.67. The molecule has 1 aromatic carbocycles. The number of rotatable bonds is 6. The highest BCUT2D eigenvalue weighted by atomic mass is 16.5. The quantitative estimate of drug-likeness (QED) is 0.629. The van der Waals surface area contributed by atoms with E-state index in [0.717, 1.165) is 22.3 Å². The van der Waals surface area contributed by atoms with E-state index in [1.54, 1.807) is 0 Å². The molecule has 1 heterocycles. The van der Waals surface area contributed by atoms with Crippen LogP contribution in [0.3, 0.4) is 0 Å². The van der Waals surface area contributed by atoms with Crippen LogP contribution in [0.15, 0.2) is 18.2 Å². The van der Waals surface area contributed by atoms with Crippen molar-refractivity contribution in [1.82, 2.24) is 4.98 Å². The average molecular weight is 289 g/mol. The molecular weight excluding hydrogens is 266 g/mol. The SMILES string of the molecule is CCOc1cc2nc(C(C)C)cc(NN)c2cc1OCC. The summed E-state index contributed by atoms with van der Waals surface area (Å²) in [5, 5.41) is 0.925. The van der Waals surface area contributed by atoms with Crippen LogP contribution in [0.25, 0.3) is 10.9 Å². The number of pyridine rings is 1. The van der Waals surface area contributed by atoms with Crippen LogP contribution >= 0.6 is 0 Å².